The van der Waals surface area contributed by atoms with Crippen LogP contribution in [0.2, 0.25) is 0 Å². The molecular formula is C18H21FN6O. The number of amides is 1. The molecule has 26 heavy (non-hydrogen) atoms. The van der Waals surface area contributed by atoms with E-state index in [0.29, 0.717) is 28.6 Å². The van der Waals surface area contributed by atoms with Crippen LogP contribution in [-0.4, -0.2) is 42.8 Å². The summed E-state index contributed by atoms with van der Waals surface area (Å²) in [6.45, 7) is 0.283. The van der Waals surface area contributed by atoms with Crippen LogP contribution in [0.1, 0.15) is 54.5 Å². The number of aromatic amines is 1. The predicted octanol–water partition coefficient (Wildman–Crippen LogP) is 3.07. The molecule has 0 radical (unpaired) electrons. The maximum Gasteiger partial charge on any atom is 0.276 e. The molecule has 1 aliphatic carbocycles. The van der Waals surface area contributed by atoms with Gasteiger partial charge in [0.1, 0.15) is 11.6 Å². The normalized spacial score (nSPS) is 15.5. The molecule has 1 aliphatic rings. The van der Waals surface area contributed by atoms with E-state index >= 15 is 0 Å². The summed E-state index contributed by atoms with van der Waals surface area (Å²) < 4.78 is 15.1. The Morgan fingerprint density at radius 3 is 2.96 bits per heavy atom. The monoisotopic (exact) mass is 356 g/mol. The largest absolute Gasteiger partial charge is 0.340 e. The Bertz CT molecular complexity index is 927. The van der Waals surface area contributed by atoms with Crippen LogP contribution in [0.15, 0.2) is 24.4 Å². The summed E-state index contributed by atoms with van der Waals surface area (Å²) in [4.78, 5) is 21.6. The quantitative estimate of drug-likeness (QED) is 0.779. The lowest BCUT2D eigenvalue weighted by atomic mass is 9.96. The maximum absolute atomic E-state index is 13.3. The first-order valence-electron chi connectivity index (χ1n) is 8.91. The van der Waals surface area contributed by atoms with Crippen molar-refractivity contribution in [3.8, 4) is 0 Å². The minimum atomic E-state index is -0.323. The van der Waals surface area contributed by atoms with Crippen molar-refractivity contribution in [3.05, 3.63) is 41.7 Å². The van der Waals surface area contributed by atoms with E-state index in [1.54, 1.807) is 19.3 Å². The second kappa shape index (κ2) is 6.86. The lowest BCUT2D eigenvalue weighted by molar-refractivity contribution is 0.0776. The molecule has 2 aromatic heterocycles. The van der Waals surface area contributed by atoms with Gasteiger partial charge >= 0.3 is 0 Å². The predicted molar refractivity (Wildman–Crippen MR) is 94.0 cm³/mol. The fourth-order valence-corrected chi connectivity index (χ4v) is 3.50. The molecule has 4 rings (SSSR count). The van der Waals surface area contributed by atoms with Gasteiger partial charge in [-0.2, -0.15) is 0 Å². The minimum absolute atomic E-state index is 0.210. The highest BCUT2D eigenvalue weighted by molar-refractivity contribution is 5.91. The second-order valence-corrected chi connectivity index (χ2v) is 6.88. The lowest BCUT2D eigenvalue weighted by Crippen LogP contribution is -2.27. The van der Waals surface area contributed by atoms with Crippen LogP contribution >= 0.6 is 0 Å². The summed E-state index contributed by atoms with van der Waals surface area (Å²) in [7, 11) is 1.69. The molecule has 136 valence electrons. The highest BCUT2D eigenvalue weighted by Gasteiger charge is 2.21. The molecule has 0 spiro atoms. The van der Waals surface area contributed by atoms with E-state index in [4.69, 9.17) is 0 Å². The third-order valence-corrected chi connectivity index (χ3v) is 4.90. The van der Waals surface area contributed by atoms with Crippen molar-refractivity contribution in [2.75, 3.05) is 7.05 Å². The summed E-state index contributed by atoms with van der Waals surface area (Å²) in [6, 6.07) is 4.71. The van der Waals surface area contributed by atoms with Gasteiger partial charge in [0.05, 0.1) is 29.8 Å². The summed E-state index contributed by atoms with van der Waals surface area (Å²) in [6.07, 6.45) is 7.56. The number of nitrogens with one attached hydrogen (secondary N) is 1. The lowest BCUT2D eigenvalue weighted by Gasteiger charge is -2.21. The van der Waals surface area contributed by atoms with Gasteiger partial charge in [0.15, 0.2) is 5.69 Å². The standard InChI is InChI=1S/C18H21FN6O/c1-24(11-17-20-14-8-7-12(19)9-15(14)21-17)18(26)16-10-25(23-22-16)13-5-3-2-4-6-13/h7-10,13H,2-6,11H2,1H3,(H,20,21). The van der Waals surface area contributed by atoms with Gasteiger partial charge in [-0.05, 0) is 31.0 Å². The van der Waals surface area contributed by atoms with Crippen LogP contribution in [0.4, 0.5) is 4.39 Å². The Hall–Kier alpha value is -2.77. The first-order valence-corrected chi connectivity index (χ1v) is 8.91. The van der Waals surface area contributed by atoms with E-state index in [-0.39, 0.29) is 18.3 Å². The molecule has 1 fully saturated rings. The summed E-state index contributed by atoms with van der Waals surface area (Å²) in [5, 5.41) is 8.20. The van der Waals surface area contributed by atoms with Gasteiger partial charge in [-0.15, -0.1) is 5.10 Å². The van der Waals surface area contributed by atoms with Gasteiger partial charge in [0.25, 0.3) is 5.91 Å². The van der Waals surface area contributed by atoms with Gasteiger partial charge in [-0.3, -0.25) is 4.79 Å². The fourth-order valence-electron chi connectivity index (χ4n) is 3.50. The number of aromatic nitrogens is 5. The molecule has 0 saturated heterocycles. The summed E-state index contributed by atoms with van der Waals surface area (Å²) in [5.41, 5.74) is 1.62. The number of nitrogens with zero attached hydrogens (tertiary/aromatic N) is 5. The Morgan fingerprint density at radius 1 is 1.35 bits per heavy atom. The number of hydrogen-bond acceptors (Lipinski definition) is 4. The van der Waals surface area contributed by atoms with Crippen LogP contribution in [0.3, 0.4) is 0 Å². The van der Waals surface area contributed by atoms with Crippen molar-refractivity contribution >= 4 is 16.9 Å². The number of rotatable bonds is 4. The molecule has 8 heteroatoms. The number of carbonyl (C=O) groups is 1. The van der Waals surface area contributed by atoms with E-state index in [0.717, 1.165) is 12.8 Å². The summed E-state index contributed by atoms with van der Waals surface area (Å²) in [5.74, 6) is 0.0660. The van der Waals surface area contributed by atoms with E-state index in [1.807, 2.05) is 4.68 Å². The first kappa shape index (κ1) is 16.7. The van der Waals surface area contributed by atoms with Crippen molar-refractivity contribution in [1.82, 2.24) is 29.9 Å². The molecule has 0 aliphatic heterocycles. The number of fused-ring (bicyclic) bond motifs is 1. The molecule has 0 bridgehead atoms. The minimum Gasteiger partial charge on any atom is -0.340 e. The van der Waals surface area contributed by atoms with Crippen molar-refractivity contribution < 1.29 is 9.18 Å². The van der Waals surface area contributed by atoms with Crippen LogP contribution in [0, 0.1) is 5.82 Å². The Labute approximate surface area is 150 Å². The fraction of sp³-hybridized carbons (Fsp3) is 0.444. The van der Waals surface area contributed by atoms with Crippen molar-refractivity contribution in [2.45, 2.75) is 44.7 Å². The number of halogens is 1. The molecule has 1 saturated carbocycles. The molecule has 1 aromatic carbocycles. The van der Waals surface area contributed by atoms with Crippen LogP contribution in [0.25, 0.3) is 11.0 Å². The molecule has 3 aromatic rings. The molecule has 7 nitrogen and oxygen atoms in total. The highest BCUT2D eigenvalue weighted by Crippen LogP contribution is 2.27. The van der Waals surface area contributed by atoms with Gasteiger partial charge in [0, 0.05) is 7.05 Å². The molecule has 1 N–H and O–H groups in total. The molecule has 0 unspecified atom stereocenters. The first-order chi connectivity index (χ1) is 12.6. The SMILES string of the molecule is CN(Cc1nc2ccc(F)cc2[nH]1)C(=O)c1cn(C2CCCCC2)nn1. The number of benzene rings is 1. The van der Waals surface area contributed by atoms with Gasteiger partial charge in [-0.25, -0.2) is 14.1 Å². The van der Waals surface area contributed by atoms with E-state index in [2.05, 4.69) is 20.3 Å². The Kier molecular flexibility index (Phi) is 4.40. The maximum atomic E-state index is 13.3. The zero-order chi connectivity index (χ0) is 18.1. The van der Waals surface area contributed by atoms with Crippen LogP contribution in [0.5, 0.6) is 0 Å². The van der Waals surface area contributed by atoms with E-state index < -0.39 is 0 Å². The molecule has 2 heterocycles. The van der Waals surface area contributed by atoms with Crippen molar-refractivity contribution in [2.24, 2.45) is 0 Å². The zero-order valence-electron chi connectivity index (χ0n) is 14.7. The van der Waals surface area contributed by atoms with Crippen molar-refractivity contribution in [3.63, 3.8) is 0 Å². The number of hydrogen-bond donors (Lipinski definition) is 1. The third-order valence-electron chi connectivity index (χ3n) is 4.90. The number of imidazole rings is 1. The summed E-state index contributed by atoms with van der Waals surface area (Å²) >= 11 is 0. The number of carbonyl (C=O) groups excluding carboxylic acids is 1. The zero-order valence-corrected chi connectivity index (χ0v) is 14.7. The average molecular weight is 356 g/mol. The Morgan fingerprint density at radius 2 is 2.15 bits per heavy atom. The van der Waals surface area contributed by atoms with E-state index in [1.165, 1.54) is 36.3 Å². The van der Waals surface area contributed by atoms with E-state index in [9.17, 15) is 9.18 Å². The Balaban J connectivity index is 1.46. The molecule has 1 amide bonds. The van der Waals surface area contributed by atoms with Crippen LogP contribution in [-0.2, 0) is 6.54 Å². The van der Waals surface area contributed by atoms with Gasteiger partial charge in [0.2, 0.25) is 0 Å². The molecular weight excluding hydrogens is 335 g/mol. The highest BCUT2D eigenvalue weighted by atomic mass is 19.1. The third kappa shape index (κ3) is 3.31. The van der Waals surface area contributed by atoms with Gasteiger partial charge in [-0.1, -0.05) is 24.5 Å². The number of H-pyrrole nitrogens is 1. The topological polar surface area (TPSA) is 79.7 Å². The van der Waals surface area contributed by atoms with Gasteiger partial charge < -0.3 is 9.88 Å². The smallest absolute Gasteiger partial charge is 0.276 e. The molecule has 0 atom stereocenters. The van der Waals surface area contributed by atoms with Crippen molar-refractivity contribution in [1.29, 1.82) is 0 Å². The second-order valence-electron chi connectivity index (χ2n) is 6.88. The average Bonchev–Trinajstić information content (AvgIpc) is 3.28. The van der Waals surface area contributed by atoms with Crippen LogP contribution < -0.4 is 0 Å².